The number of Topliss-reactive ketones (excluding diaryl/α,β-unsaturated/α-hetero) is 1. The topological polar surface area (TPSA) is 45.6 Å². The Bertz CT molecular complexity index is 886. The molecule has 1 aromatic carbocycles. The summed E-state index contributed by atoms with van der Waals surface area (Å²) in [6, 6.07) is 6.27. The van der Waals surface area contributed by atoms with Gasteiger partial charge >= 0.3 is 0 Å². The van der Waals surface area contributed by atoms with Crippen LogP contribution in [0.5, 0.6) is 0 Å². The first-order chi connectivity index (χ1) is 12.0. The second-order valence-electron chi connectivity index (χ2n) is 6.48. The number of nitrogens with zero attached hydrogens (tertiary/aromatic N) is 3. The normalized spacial score (nSPS) is 22.8. The Morgan fingerprint density at radius 3 is 2.72 bits per heavy atom. The molecule has 6 heteroatoms. The SMILES string of the molecule is CC(=O)C1=C2CCCN2C(c2nccs2)=NC1(C)c1ccc(F)cc1. The summed E-state index contributed by atoms with van der Waals surface area (Å²) < 4.78 is 13.4. The molecule has 1 unspecified atom stereocenters. The van der Waals surface area contributed by atoms with Crippen LogP contribution in [0, 0.1) is 5.82 Å². The summed E-state index contributed by atoms with van der Waals surface area (Å²) >= 11 is 1.54. The number of allylic oxidation sites excluding steroid dienone is 1. The molecule has 0 amide bonds. The molecular weight excluding hydrogens is 337 g/mol. The van der Waals surface area contributed by atoms with E-state index in [1.54, 1.807) is 25.3 Å². The van der Waals surface area contributed by atoms with Crippen LogP contribution in [0.15, 0.2) is 52.1 Å². The molecule has 3 heterocycles. The number of halogens is 1. The third-order valence-corrected chi connectivity index (χ3v) is 5.63. The van der Waals surface area contributed by atoms with E-state index >= 15 is 0 Å². The van der Waals surface area contributed by atoms with E-state index in [9.17, 15) is 9.18 Å². The average molecular weight is 355 g/mol. The van der Waals surface area contributed by atoms with Gasteiger partial charge in [0, 0.05) is 29.4 Å². The van der Waals surface area contributed by atoms with Gasteiger partial charge in [-0.15, -0.1) is 11.3 Å². The highest BCUT2D eigenvalue weighted by Gasteiger charge is 2.44. The molecule has 2 aliphatic heterocycles. The smallest absolute Gasteiger partial charge is 0.165 e. The van der Waals surface area contributed by atoms with E-state index in [-0.39, 0.29) is 11.6 Å². The number of amidine groups is 1. The molecule has 1 aromatic heterocycles. The third kappa shape index (κ3) is 2.52. The predicted molar refractivity (Wildman–Crippen MR) is 96.1 cm³/mol. The van der Waals surface area contributed by atoms with Gasteiger partial charge in [0.1, 0.15) is 11.4 Å². The van der Waals surface area contributed by atoms with Gasteiger partial charge in [0.2, 0.25) is 0 Å². The molecule has 25 heavy (non-hydrogen) atoms. The van der Waals surface area contributed by atoms with Gasteiger partial charge in [0.05, 0.1) is 0 Å². The van der Waals surface area contributed by atoms with E-state index in [2.05, 4.69) is 9.88 Å². The van der Waals surface area contributed by atoms with Crippen molar-refractivity contribution in [1.29, 1.82) is 0 Å². The van der Waals surface area contributed by atoms with Crippen molar-refractivity contribution in [2.45, 2.75) is 32.2 Å². The number of aromatic nitrogens is 1. The van der Waals surface area contributed by atoms with Crippen LogP contribution in [0.25, 0.3) is 0 Å². The van der Waals surface area contributed by atoms with Crippen molar-refractivity contribution in [1.82, 2.24) is 9.88 Å². The fraction of sp³-hybridized carbons (Fsp3) is 0.316. The van der Waals surface area contributed by atoms with E-state index in [0.29, 0.717) is 5.57 Å². The molecule has 1 fully saturated rings. The average Bonchev–Trinajstić information content (AvgIpc) is 3.26. The van der Waals surface area contributed by atoms with Crippen LogP contribution < -0.4 is 0 Å². The summed E-state index contributed by atoms with van der Waals surface area (Å²) in [5.74, 6) is 0.516. The minimum absolute atomic E-state index is 0.00987. The largest absolute Gasteiger partial charge is 0.327 e. The van der Waals surface area contributed by atoms with Gasteiger partial charge < -0.3 is 4.90 Å². The molecule has 1 atom stereocenters. The highest BCUT2D eigenvalue weighted by molar-refractivity contribution is 7.11. The lowest BCUT2D eigenvalue weighted by molar-refractivity contribution is -0.114. The van der Waals surface area contributed by atoms with Crippen molar-refractivity contribution in [2.75, 3.05) is 6.54 Å². The summed E-state index contributed by atoms with van der Waals surface area (Å²) in [5, 5.41) is 2.77. The van der Waals surface area contributed by atoms with Gasteiger partial charge in [-0.25, -0.2) is 14.4 Å². The molecule has 0 N–H and O–H groups in total. The zero-order valence-electron chi connectivity index (χ0n) is 14.1. The highest BCUT2D eigenvalue weighted by atomic mass is 32.1. The number of carbonyl (C=O) groups excluding carboxylic acids is 1. The molecule has 2 aromatic rings. The van der Waals surface area contributed by atoms with E-state index in [1.807, 2.05) is 12.3 Å². The molecule has 0 radical (unpaired) electrons. The second-order valence-corrected chi connectivity index (χ2v) is 7.38. The Morgan fingerprint density at radius 1 is 1.32 bits per heavy atom. The number of rotatable bonds is 3. The van der Waals surface area contributed by atoms with Crippen LogP contribution in [0.1, 0.15) is 37.3 Å². The van der Waals surface area contributed by atoms with Crippen molar-refractivity contribution in [3.63, 3.8) is 0 Å². The zero-order valence-corrected chi connectivity index (χ0v) is 14.9. The lowest BCUT2D eigenvalue weighted by atomic mass is 9.80. The zero-order chi connectivity index (χ0) is 17.6. The lowest BCUT2D eigenvalue weighted by Gasteiger charge is -2.38. The Balaban J connectivity index is 1.96. The van der Waals surface area contributed by atoms with Crippen LogP contribution in [0.4, 0.5) is 4.39 Å². The summed E-state index contributed by atoms with van der Waals surface area (Å²) in [6.45, 7) is 4.36. The number of aliphatic imine (C=N–C) groups is 1. The van der Waals surface area contributed by atoms with E-state index < -0.39 is 5.54 Å². The molecule has 0 bridgehead atoms. The molecular formula is C19H18FN3OS. The van der Waals surface area contributed by atoms with Gasteiger partial charge in [0.25, 0.3) is 0 Å². The number of thiazole rings is 1. The first kappa shape index (κ1) is 16.1. The van der Waals surface area contributed by atoms with Crippen molar-refractivity contribution < 1.29 is 9.18 Å². The first-order valence-corrected chi connectivity index (χ1v) is 9.16. The number of ketones is 1. The molecule has 0 saturated carbocycles. The second kappa shape index (κ2) is 5.88. The Kier molecular flexibility index (Phi) is 3.80. The summed E-state index contributed by atoms with van der Waals surface area (Å²) in [6.07, 6.45) is 3.59. The molecule has 0 spiro atoms. The Morgan fingerprint density at radius 2 is 2.08 bits per heavy atom. The maximum atomic E-state index is 13.4. The van der Waals surface area contributed by atoms with E-state index in [1.165, 1.54) is 23.5 Å². The molecule has 128 valence electrons. The number of hydrogen-bond donors (Lipinski definition) is 0. The molecule has 1 saturated heterocycles. The van der Waals surface area contributed by atoms with Crippen LogP contribution in [0.3, 0.4) is 0 Å². The first-order valence-electron chi connectivity index (χ1n) is 8.28. The van der Waals surface area contributed by atoms with Crippen molar-refractivity contribution in [3.8, 4) is 0 Å². The molecule has 4 nitrogen and oxygen atoms in total. The minimum Gasteiger partial charge on any atom is -0.327 e. The van der Waals surface area contributed by atoms with E-state index in [4.69, 9.17) is 4.99 Å². The predicted octanol–water partition coefficient (Wildman–Crippen LogP) is 3.90. The van der Waals surface area contributed by atoms with Gasteiger partial charge in [-0.05, 0) is 44.4 Å². The van der Waals surface area contributed by atoms with Crippen LogP contribution >= 0.6 is 11.3 Å². The minimum atomic E-state index is -0.837. The summed E-state index contributed by atoms with van der Waals surface area (Å²) in [7, 11) is 0. The van der Waals surface area contributed by atoms with Crippen molar-refractivity contribution >= 4 is 23.0 Å². The number of carbonyl (C=O) groups is 1. The van der Waals surface area contributed by atoms with Gasteiger partial charge in [-0.3, -0.25) is 4.79 Å². The van der Waals surface area contributed by atoms with Gasteiger partial charge in [0.15, 0.2) is 16.6 Å². The van der Waals surface area contributed by atoms with Crippen LogP contribution in [-0.4, -0.2) is 28.0 Å². The maximum absolute atomic E-state index is 13.4. The lowest BCUT2D eigenvalue weighted by Crippen LogP contribution is -2.41. The van der Waals surface area contributed by atoms with Crippen LogP contribution in [-0.2, 0) is 10.3 Å². The maximum Gasteiger partial charge on any atom is 0.165 e. The van der Waals surface area contributed by atoms with Gasteiger partial charge in [-0.2, -0.15) is 0 Å². The quantitative estimate of drug-likeness (QED) is 0.839. The molecule has 0 aliphatic carbocycles. The fourth-order valence-electron chi connectivity index (χ4n) is 3.80. The monoisotopic (exact) mass is 355 g/mol. The highest BCUT2D eigenvalue weighted by Crippen LogP contribution is 2.44. The van der Waals surface area contributed by atoms with Crippen LogP contribution in [0.2, 0.25) is 0 Å². The van der Waals surface area contributed by atoms with Crippen molar-refractivity contribution in [3.05, 3.63) is 63.5 Å². The number of hydrogen-bond acceptors (Lipinski definition) is 5. The number of fused-ring (bicyclic) bond motifs is 1. The van der Waals surface area contributed by atoms with E-state index in [0.717, 1.165) is 41.5 Å². The Hall–Kier alpha value is -2.34. The standard InChI is InChI=1S/C19H18FN3OS/c1-12(24)16-15-4-3-10-23(15)17(18-21-9-11-25-18)22-19(16,2)13-5-7-14(20)8-6-13/h5-9,11H,3-4,10H2,1-2H3. The third-order valence-electron chi connectivity index (χ3n) is 4.86. The molecule has 2 aliphatic rings. The number of benzene rings is 1. The molecule has 4 rings (SSSR count). The fourth-order valence-corrected chi connectivity index (χ4v) is 4.44. The van der Waals surface area contributed by atoms with Gasteiger partial charge in [-0.1, -0.05) is 12.1 Å². The summed E-state index contributed by atoms with van der Waals surface area (Å²) in [4.78, 5) is 24.1. The Labute approximate surface area is 149 Å². The van der Waals surface area contributed by atoms with Crippen molar-refractivity contribution in [2.24, 2.45) is 4.99 Å². The summed E-state index contributed by atoms with van der Waals surface area (Å²) in [5.41, 5.74) is 1.71.